The van der Waals surface area contributed by atoms with Crippen LogP contribution in [0.2, 0.25) is 0 Å². The van der Waals surface area contributed by atoms with Crippen molar-refractivity contribution in [2.75, 3.05) is 0 Å². The highest BCUT2D eigenvalue weighted by atomic mass is 35.5. The maximum atomic E-state index is 12.7. The van der Waals surface area contributed by atoms with Crippen LogP contribution in [-0.2, 0) is 9.59 Å². The van der Waals surface area contributed by atoms with Crippen LogP contribution in [0.4, 0.5) is 17.6 Å². The molecule has 2 fully saturated rings. The summed E-state index contributed by atoms with van der Waals surface area (Å²) in [4.78, 5) is 20.9. The van der Waals surface area contributed by atoms with Crippen molar-refractivity contribution in [1.29, 1.82) is 0 Å². The minimum Gasteiger partial charge on any atom is -0.481 e. The standard InChI is InChI=1S/2C7H11F2NO2.2ClH/c2*8-7(9)2-1-5(10)4(3-7)6(11)12;;/h2*4-5H,1-3,10H2,(H,11,12);2*1H/t2*4-,5+;;/m10../s1. The largest absolute Gasteiger partial charge is 0.481 e. The maximum Gasteiger partial charge on any atom is 0.308 e. The second-order valence-corrected chi connectivity index (χ2v) is 6.41. The first-order valence-electron chi connectivity index (χ1n) is 7.57. The Morgan fingerprint density at radius 3 is 1.23 bits per heavy atom. The highest BCUT2D eigenvalue weighted by Crippen LogP contribution is 2.36. The molecule has 2 saturated carbocycles. The van der Waals surface area contributed by atoms with Crippen molar-refractivity contribution >= 4 is 36.8 Å². The Morgan fingerprint density at radius 1 is 0.769 bits per heavy atom. The highest BCUT2D eigenvalue weighted by molar-refractivity contribution is 5.85. The Bertz CT molecular complexity index is 444. The Labute approximate surface area is 160 Å². The molecule has 0 heterocycles. The predicted molar refractivity (Wildman–Crippen MR) is 90.3 cm³/mol. The lowest BCUT2D eigenvalue weighted by Gasteiger charge is -2.31. The van der Waals surface area contributed by atoms with Gasteiger partial charge in [-0.1, -0.05) is 0 Å². The monoisotopic (exact) mass is 430 g/mol. The molecule has 2 rings (SSSR count). The molecule has 0 bridgehead atoms. The third kappa shape index (κ3) is 8.24. The average molecular weight is 431 g/mol. The van der Waals surface area contributed by atoms with Crippen LogP contribution in [0.25, 0.3) is 0 Å². The first kappa shape index (κ1) is 27.4. The van der Waals surface area contributed by atoms with Crippen LogP contribution in [0.15, 0.2) is 0 Å². The van der Waals surface area contributed by atoms with E-state index in [9.17, 15) is 27.2 Å². The summed E-state index contributed by atoms with van der Waals surface area (Å²) in [5.41, 5.74) is 10.8. The minimum atomic E-state index is -2.85. The topological polar surface area (TPSA) is 127 Å². The van der Waals surface area contributed by atoms with Crippen molar-refractivity contribution in [2.24, 2.45) is 23.3 Å². The molecule has 0 aliphatic heterocycles. The molecule has 0 aromatic carbocycles. The third-order valence-electron chi connectivity index (χ3n) is 4.39. The van der Waals surface area contributed by atoms with Gasteiger partial charge in [-0.05, 0) is 12.8 Å². The summed E-state index contributed by atoms with van der Waals surface area (Å²) in [6.45, 7) is 0. The molecule has 4 atom stereocenters. The van der Waals surface area contributed by atoms with Gasteiger partial charge in [0.1, 0.15) is 0 Å². The van der Waals surface area contributed by atoms with Gasteiger partial charge in [-0.15, -0.1) is 24.8 Å². The van der Waals surface area contributed by atoms with E-state index in [0.717, 1.165) is 0 Å². The molecule has 0 unspecified atom stereocenters. The second kappa shape index (κ2) is 10.5. The van der Waals surface area contributed by atoms with Crippen LogP contribution < -0.4 is 11.5 Å². The van der Waals surface area contributed by atoms with Crippen LogP contribution in [0, 0.1) is 11.8 Å². The quantitative estimate of drug-likeness (QED) is 0.498. The summed E-state index contributed by atoms with van der Waals surface area (Å²) in [5, 5.41) is 17.1. The minimum absolute atomic E-state index is 0. The van der Waals surface area contributed by atoms with Crippen molar-refractivity contribution in [1.82, 2.24) is 0 Å². The summed E-state index contributed by atoms with van der Waals surface area (Å²) in [6, 6.07) is -1.25. The number of hydrogen-bond donors (Lipinski definition) is 4. The number of rotatable bonds is 2. The van der Waals surface area contributed by atoms with Gasteiger partial charge in [0.15, 0.2) is 0 Å². The summed E-state index contributed by atoms with van der Waals surface area (Å²) in [7, 11) is 0. The fourth-order valence-electron chi connectivity index (χ4n) is 2.85. The van der Waals surface area contributed by atoms with Crippen molar-refractivity contribution in [3.05, 3.63) is 0 Å². The molecule has 2 aliphatic carbocycles. The molecule has 26 heavy (non-hydrogen) atoms. The molecule has 0 spiro atoms. The van der Waals surface area contributed by atoms with Crippen molar-refractivity contribution in [3.63, 3.8) is 0 Å². The summed E-state index contributed by atoms with van der Waals surface area (Å²) in [6.07, 6.45) is -1.66. The van der Waals surface area contributed by atoms with E-state index in [1.165, 1.54) is 0 Å². The second-order valence-electron chi connectivity index (χ2n) is 6.41. The first-order valence-corrected chi connectivity index (χ1v) is 7.57. The molecule has 0 radical (unpaired) electrons. The Kier molecular flexibility index (Phi) is 11.0. The number of hydrogen-bond acceptors (Lipinski definition) is 4. The molecule has 156 valence electrons. The molecule has 6 N–H and O–H groups in total. The van der Waals surface area contributed by atoms with Crippen LogP contribution in [0.5, 0.6) is 0 Å². The number of carboxylic acid groups (broad SMARTS) is 2. The molecule has 6 nitrogen and oxygen atoms in total. The third-order valence-corrected chi connectivity index (χ3v) is 4.39. The molecular formula is C14H24Cl2F4N2O4. The van der Waals surface area contributed by atoms with Crippen LogP contribution in [-0.4, -0.2) is 46.1 Å². The van der Waals surface area contributed by atoms with Crippen molar-refractivity contribution in [3.8, 4) is 0 Å². The fraction of sp³-hybridized carbons (Fsp3) is 0.857. The van der Waals surface area contributed by atoms with E-state index >= 15 is 0 Å². The number of halogens is 6. The number of carbonyl (C=O) groups is 2. The summed E-state index contributed by atoms with van der Waals surface area (Å²) in [5.74, 6) is -10.3. The van der Waals surface area contributed by atoms with Gasteiger partial charge < -0.3 is 21.7 Å². The highest BCUT2D eigenvalue weighted by Gasteiger charge is 2.44. The number of nitrogens with two attached hydrogens (primary N) is 2. The van der Waals surface area contributed by atoms with Gasteiger partial charge in [-0.3, -0.25) is 9.59 Å². The molecule has 2 aliphatic rings. The van der Waals surface area contributed by atoms with Gasteiger partial charge >= 0.3 is 11.9 Å². The summed E-state index contributed by atoms with van der Waals surface area (Å²) < 4.78 is 50.7. The zero-order valence-corrected chi connectivity index (χ0v) is 15.4. The average Bonchev–Trinajstić information content (AvgIpc) is 2.44. The SMILES string of the molecule is Cl.Cl.N[C@@H]1CCC(F)(F)C[C@@H]1C(=O)O.N[C@H]1CCC(F)(F)C[C@H]1C(=O)O. The van der Waals surface area contributed by atoms with E-state index in [0.29, 0.717) is 0 Å². The molecule has 0 saturated heterocycles. The molecular weight excluding hydrogens is 407 g/mol. The van der Waals surface area contributed by atoms with Crippen LogP contribution >= 0.6 is 24.8 Å². The van der Waals surface area contributed by atoms with E-state index in [1.807, 2.05) is 0 Å². The Hall–Kier alpha value is -0.840. The predicted octanol–water partition coefficient (Wildman–Crippen LogP) is 2.51. The van der Waals surface area contributed by atoms with E-state index in [1.54, 1.807) is 0 Å². The zero-order valence-electron chi connectivity index (χ0n) is 13.7. The Balaban J connectivity index is 0. The van der Waals surface area contributed by atoms with Gasteiger partial charge in [0.2, 0.25) is 11.8 Å². The maximum absolute atomic E-state index is 12.7. The molecule has 0 aromatic rings. The van der Waals surface area contributed by atoms with Crippen LogP contribution in [0.3, 0.4) is 0 Å². The van der Waals surface area contributed by atoms with E-state index in [2.05, 4.69) is 0 Å². The van der Waals surface area contributed by atoms with Gasteiger partial charge in [-0.2, -0.15) is 0 Å². The lowest BCUT2D eigenvalue weighted by atomic mass is 9.83. The number of aliphatic carboxylic acids is 2. The summed E-state index contributed by atoms with van der Waals surface area (Å²) >= 11 is 0. The Morgan fingerprint density at radius 2 is 1.04 bits per heavy atom. The molecule has 12 heteroatoms. The van der Waals surface area contributed by atoms with E-state index in [-0.39, 0.29) is 50.5 Å². The van der Waals surface area contributed by atoms with E-state index in [4.69, 9.17) is 21.7 Å². The number of carboxylic acids is 2. The van der Waals surface area contributed by atoms with Crippen LogP contribution in [0.1, 0.15) is 38.5 Å². The molecule has 0 amide bonds. The molecule has 0 aromatic heterocycles. The van der Waals surface area contributed by atoms with Gasteiger partial charge in [0, 0.05) is 37.8 Å². The zero-order chi connectivity index (χ0) is 18.7. The first-order chi connectivity index (χ1) is 10.8. The van der Waals surface area contributed by atoms with E-state index < -0.39 is 60.5 Å². The number of alkyl halides is 4. The van der Waals surface area contributed by atoms with Gasteiger partial charge in [0.25, 0.3) is 0 Å². The van der Waals surface area contributed by atoms with Crippen molar-refractivity contribution < 1.29 is 37.4 Å². The van der Waals surface area contributed by atoms with Crippen molar-refractivity contribution in [2.45, 2.75) is 62.5 Å². The normalized spacial score (nSPS) is 31.9. The smallest absolute Gasteiger partial charge is 0.308 e. The lowest BCUT2D eigenvalue weighted by Crippen LogP contribution is -2.44. The van der Waals surface area contributed by atoms with Gasteiger partial charge in [-0.25, -0.2) is 17.6 Å². The fourth-order valence-corrected chi connectivity index (χ4v) is 2.85. The lowest BCUT2D eigenvalue weighted by molar-refractivity contribution is -0.150. The van der Waals surface area contributed by atoms with Gasteiger partial charge in [0.05, 0.1) is 11.8 Å².